The largest absolute Gasteiger partial charge is 0.463 e. The van der Waals surface area contributed by atoms with Crippen molar-refractivity contribution >= 4 is 23.9 Å². The first-order chi connectivity index (χ1) is 11.4. The van der Waals surface area contributed by atoms with E-state index in [1.807, 2.05) is 0 Å². The van der Waals surface area contributed by atoms with Gasteiger partial charge in [0.15, 0.2) is 0 Å². The number of esters is 2. The normalized spacial score (nSPS) is 26.3. The summed E-state index contributed by atoms with van der Waals surface area (Å²) in [6, 6.07) is 8.05. The lowest BCUT2D eigenvalue weighted by Crippen LogP contribution is -2.42. The minimum absolute atomic E-state index is 0.186. The Morgan fingerprint density at radius 3 is 2.67 bits per heavy atom. The van der Waals surface area contributed by atoms with E-state index in [-0.39, 0.29) is 13.0 Å². The number of rotatable bonds is 4. The standard InChI is InChI=1S/C16H16N2O6/c1-16(10-5-3-2-4-6-10)14(21)18(15(22)17-16)9-12(19)24-11-7-8-23-13(11)20/h2-6,11H,7-9H2,1H3,(H,17,22)/t11-,16+/m0/s1. The second-order valence-corrected chi connectivity index (χ2v) is 5.75. The number of benzene rings is 1. The van der Waals surface area contributed by atoms with E-state index < -0.39 is 42.1 Å². The highest BCUT2D eigenvalue weighted by Crippen LogP contribution is 2.28. The van der Waals surface area contributed by atoms with Crippen LogP contribution in [0, 0.1) is 0 Å². The van der Waals surface area contributed by atoms with Gasteiger partial charge in [0.2, 0.25) is 6.10 Å². The van der Waals surface area contributed by atoms with Crippen molar-refractivity contribution in [2.24, 2.45) is 0 Å². The molecule has 1 aromatic carbocycles. The molecule has 2 aliphatic heterocycles. The molecule has 3 amide bonds. The van der Waals surface area contributed by atoms with Crippen LogP contribution in [-0.4, -0.2) is 48.0 Å². The predicted octanol–water partition coefficient (Wildman–Crippen LogP) is 0.312. The highest BCUT2D eigenvalue weighted by Gasteiger charge is 2.49. The molecule has 0 spiro atoms. The third-order valence-corrected chi connectivity index (χ3v) is 4.07. The quantitative estimate of drug-likeness (QED) is 0.629. The van der Waals surface area contributed by atoms with E-state index in [0.29, 0.717) is 5.56 Å². The zero-order chi connectivity index (χ0) is 17.3. The van der Waals surface area contributed by atoms with Crippen LogP contribution in [0.2, 0.25) is 0 Å². The van der Waals surface area contributed by atoms with Gasteiger partial charge in [-0.25, -0.2) is 9.59 Å². The molecule has 0 radical (unpaired) electrons. The Hall–Kier alpha value is -2.90. The molecule has 24 heavy (non-hydrogen) atoms. The Morgan fingerprint density at radius 2 is 2.04 bits per heavy atom. The SMILES string of the molecule is C[C@]1(c2ccccc2)NC(=O)N(CC(=O)O[C@H]2CCOC2=O)C1=O. The molecule has 8 heteroatoms. The average molecular weight is 332 g/mol. The number of cyclic esters (lactones) is 1. The topological polar surface area (TPSA) is 102 Å². The van der Waals surface area contributed by atoms with Crippen LogP contribution >= 0.6 is 0 Å². The van der Waals surface area contributed by atoms with Crippen LogP contribution in [-0.2, 0) is 29.4 Å². The van der Waals surface area contributed by atoms with Gasteiger partial charge in [-0.05, 0) is 12.5 Å². The highest BCUT2D eigenvalue weighted by molar-refractivity contribution is 6.08. The smallest absolute Gasteiger partial charge is 0.347 e. The number of hydrogen-bond donors (Lipinski definition) is 1. The molecule has 0 aliphatic carbocycles. The molecule has 1 aromatic rings. The third kappa shape index (κ3) is 2.70. The Labute approximate surface area is 137 Å². The summed E-state index contributed by atoms with van der Waals surface area (Å²) in [6.07, 6.45) is -0.703. The fourth-order valence-corrected chi connectivity index (χ4v) is 2.72. The first-order valence-electron chi connectivity index (χ1n) is 7.47. The van der Waals surface area contributed by atoms with Gasteiger partial charge in [-0.15, -0.1) is 0 Å². The van der Waals surface area contributed by atoms with Crippen LogP contribution in [0.25, 0.3) is 0 Å². The summed E-state index contributed by atoms with van der Waals surface area (Å²) in [5.74, 6) is -2.00. The second-order valence-electron chi connectivity index (χ2n) is 5.75. The lowest BCUT2D eigenvalue weighted by Gasteiger charge is -2.22. The summed E-state index contributed by atoms with van der Waals surface area (Å²) < 4.78 is 9.66. The Balaban J connectivity index is 1.70. The van der Waals surface area contributed by atoms with E-state index in [4.69, 9.17) is 9.47 Å². The lowest BCUT2D eigenvalue weighted by molar-refractivity contribution is -0.161. The molecular formula is C16H16N2O6. The molecule has 2 aliphatic rings. The second kappa shape index (κ2) is 5.95. The van der Waals surface area contributed by atoms with Crippen LogP contribution in [0.15, 0.2) is 30.3 Å². The third-order valence-electron chi connectivity index (χ3n) is 4.07. The number of nitrogens with one attached hydrogen (secondary N) is 1. The molecule has 3 rings (SSSR count). The molecule has 0 saturated carbocycles. The summed E-state index contributed by atoms with van der Waals surface area (Å²) in [5.41, 5.74) is -0.635. The molecule has 2 atom stereocenters. The molecule has 0 bridgehead atoms. The van der Waals surface area contributed by atoms with Gasteiger partial charge in [-0.3, -0.25) is 14.5 Å². The number of carbonyl (C=O) groups is 4. The molecule has 0 unspecified atom stereocenters. The molecule has 1 N–H and O–H groups in total. The van der Waals surface area contributed by atoms with Crippen LogP contribution in [0.5, 0.6) is 0 Å². The first-order valence-corrected chi connectivity index (χ1v) is 7.47. The minimum atomic E-state index is -1.25. The van der Waals surface area contributed by atoms with Gasteiger partial charge in [-0.1, -0.05) is 30.3 Å². The van der Waals surface area contributed by atoms with Crippen molar-refractivity contribution in [3.8, 4) is 0 Å². The minimum Gasteiger partial charge on any atom is -0.463 e. The summed E-state index contributed by atoms with van der Waals surface area (Å²) in [5, 5.41) is 2.59. The molecule has 8 nitrogen and oxygen atoms in total. The van der Waals surface area contributed by atoms with Crippen molar-refractivity contribution in [1.29, 1.82) is 0 Å². The van der Waals surface area contributed by atoms with Crippen LogP contribution in [0.3, 0.4) is 0 Å². The fraction of sp³-hybridized carbons (Fsp3) is 0.375. The van der Waals surface area contributed by atoms with E-state index in [0.717, 1.165) is 4.90 Å². The monoisotopic (exact) mass is 332 g/mol. The van der Waals surface area contributed by atoms with Crippen LogP contribution in [0.4, 0.5) is 4.79 Å². The Morgan fingerprint density at radius 1 is 1.33 bits per heavy atom. The molecule has 2 fully saturated rings. The number of hydrogen-bond acceptors (Lipinski definition) is 6. The van der Waals surface area contributed by atoms with Crippen molar-refractivity contribution in [2.45, 2.75) is 25.0 Å². The van der Waals surface area contributed by atoms with Gasteiger partial charge in [-0.2, -0.15) is 0 Å². The van der Waals surface area contributed by atoms with Crippen LogP contribution < -0.4 is 5.32 Å². The predicted molar refractivity (Wildman–Crippen MR) is 79.5 cm³/mol. The maximum atomic E-state index is 12.6. The van der Waals surface area contributed by atoms with E-state index in [9.17, 15) is 19.2 Å². The molecular weight excluding hydrogens is 316 g/mol. The summed E-state index contributed by atoms with van der Waals surface area (Å²) in [4.78, 5) is 48.8. The van der Waals surface area contributed by atoms with E-state index >= 15 is 0 Å². The van der Waals surface area contributed by atoms with Gasteiger partial charge in [0.25, 0.3) is 5.91 Å². The number of nitrogens with zero attached hydrogens (tertiary/aromatic N) is 1. The zero-order valence-electron chi connectivity index (χ0n) is 13.0. The molecule has 2 heterocycles. The summed E-state index contributed by atoms with van der Waals surface area (Å²) in [6.45, 7) is 1.20. The number of urea groups is 1. The number of carbonyl (C=O) groups excluding carboxylic acids is 4. The molecule has 0 aromatic heterocycles. The van der Waals surface area contributed by atoms with E-state index in [1.54, 1.807) is 37.3 Å². The summed E-state index contributed by atoms with van der Waals surface area (Å²) >= 11 is 0. The Kier molecular flexibility index (Phi) is 3.96. The van der Waals surface area contributed by atoms with Gasteiger partial charge < -0.3 is 14.8 Å². The van der Waals surface area contributed by atoms with Gasteiger partial charge in [0.1, 0.15) is 12.1 Å². The van der Waals surface area contributed by atoms with Crippen molar-refractivity contribution < 1.29 is 28.7 Å². The van der Waals surface area contributed by atoms with E-state index in [1.165, 1.54) is 0 Å². The zero-order valence-corrected chi connectivity index (χ0v) is 13.0. The van der Waals surface area contributed by atoms with Gasteiger partial charge >= 0.3 is 18.0 Å². The number of amides is 3. The van der Waals surface area contributed by atoms with Crippen molar-refractivity contribution in [3.63, 3.8) is 0 Å². The van der Waals surface area contributed by atoms with Crippen molar-refractivity contribution in [3.05, 3.63) is 35.9 Å². The highest BCUT2D eigenvalue weighted by atomic mass is 16.6. The molecule has 2 saturated heterocycles. The number of imide groups is 1. The van der Waals surface area contributed by atoms with Gasteiger partial charge in [0.05, 0.1) is 6.61 Å². The van der Waals surface area contributed by atoms with E-state index in [2.05, 4.69) is 5.32 Å². The number of ether oxygens (including phenoxy) is 2. The molecule has 126 valence electrons. The Bertz CT molecular complexity index is 704. The van der Waals surface area contributed by atoms with Crippen molar-refractivity contribution in [1.82, 2.24) is 10.2 Å². The van der Waals surface area contributed by atoms with Crippen molar-refractivity contribution in [2.75, 3.05) is 13.2 Å². The average Bonchev–Trinajstić information content (AvgIpc) is 3.05. The first kappa shape index (κ1) is 16.0. The summed E-state index contributed by atoms with van der Waals surface area (Å²) in [7, 11) is 0. The van der Waals surface area contributed by atoms with Gasteiger partial charge in [0, 0.05) is 6.42 Å². The maximum Gasteiger partial charge on any atom is 0.347 e. The van der Waals surface area contributed by atoms with Crippen LogP contribution in [0.1, 0.15) is 18.9 Å². The lowest BCUT2D eigenvalue weighted by atomic mass is 9.92. The fourth-order valence-electron chi connectivity index (χ4n) is 2.72. The maximum absolute atomic E-state index is 12.6.